The van der Waals surface area contributed by atoms with Crippen LogP contribution in [0.2, 0.25) is 0 Å². The molecule has 21 heavy (non-hydrogen) atoms. The molecule has 0 aromatic carbocycles. The molecule has 0 bridgehead atoms. The average Bonchev–Trinajstić information content (AvgIpc) is 2.58. The number of nitrogens with one attached hydrogen (secondary N) is 1. The lowest BCUT2D eigenvalue weighted by atomic mass is 10.0. The van der Waals surface area contributed by atoms with Crippen molar-refractivity contribution in [3.63, 3.8) is 0 Å². The van der Waals surface area contributed by atoms with Crippen molar-refractivity contribution < 1.29 is 22.7 Å². The summed E-state index contributed by atoms with van der Waals surface area (Å²) in [7, 11) is 0. The van der Waals surface area contributed by atoms with Gasteiger partial charge in [0.05, 0.1) is 23.8 Å². The van der Waals surface area contributed by atoms with Crippen LogP contribution in [0.1, 0.15) is 40.3 Å². The minimum Gasteiger partial charge on any atom is -0.444 e. The van der Waals surface area contributed by atoms with Crippen molar-refractivity contribution in [2.24, 2.45) is 0 Å². The smallest absolute Gasteiger partial charge is 0.408 e. The average molecular weight is 307 g/mol. The molecule has 8 heteroatoms. The Kier molecular flexibility index (Phi) is 4.60. The van der Waals surface area contributed by atoms with E-state index in [2.05, 4.69) is 10.3 Å². The Morgan fingerprint density at radius 1 is 1.29 bits per heavy atom. The molecule has 0 atom stereocenters. The molecule has 0 aliphatic rings. The van der Waals surface area contributed by atoms with Crippen LogP contribution in [0.5, 0.6) is 0 Å². The van der Waals surface area contributed by atoms with E-state index in [0.717, 1.165) is 10.9 Å². The molecule has 1 aromatic heterocycles. The van der Waals surface area contributed by atoms with Crippen LogP contribution in [0.4, 0.5) is 18.0 Å². The van der Waals surface area contributed by atoms with Gasteiger partial charge in [0.15, 0.2) is 0 Å². The molecule has 0 saturated carbocycles. The van der Waals surface area contributed by atoms with Crippen molar-refractivity contribution in [3.05, 3.63) is 18.2 Å². The largest absolute Gasteiger partial charge is 0.444 e. The summed E-state index contributed by atoms with van der Waals surface area (Å²) in [4.78, 5) is 15.5. The number of carbonyl (C=O) groups is 1. The van der Waals surface area contributed by atoms with Crippen molar-refractivity contribution in [1.82, 2.24) is 14.9 Å². The van der Waals surface area contributed by atoms with E-state index < -0.39 is 30.0 Å². The third-order valence-electron chi connectivity index (χ3n) is 2.52. The van der Waals surface area contributed by atoms with E-state index in [1.807, 2.05) is 0 Å². The standard InChI is InChI=1S/C13H20F3N3O2/c1-11(2,3)21-10(20)18-12(4,5)9-6-17-8-19(9)7-13(14,15)16/h6,8H,7H2,1-5H3,(H,18,20). The van der Waals surface area contributed by atoms with Crippen LogP contribution >= 0.6 is 0 Å². The van der Waals surface area contributed by atoms with Gasteiger partial charge in [0, 0.05) is 0 Å². The Hall–Kier alpha value is -1.73. The number of hydrogen-bond acceptors (Lipinski definition) is 3. The second kappa shape index (κ2) is 5.57. The van der Waals surface area contributed by atoms with Crippen LogP contribution in [-0.2, 0) is 16.8 Å². The Morgan fingerprint density at radius 3 is 2.33 bits per heavy atom. The number of ether oxygens (including phenoxy) is 1. The molecular formula is C13H20F3N3O2. The Morgan fingerprint density at radius 2 is 1.86 bits per heavy atom. The van der Waals surface area contributed by atoms with E-state index in [1.165, 1.54) is 6.20 Å². The SMILES string of the molecule is CC(C)(C)OC(=O)NC(C)(C)c1cncn1CC(F)(F)F. The van der Waals surface area contributed by atoms with Gasteiger partial charge < -0.3 is 14.6 Å². The topological polar surface area (TPSA) is 56.1 Å². The molecule has 1 rings (SSSR count). The van der Waals surface area contributed by atoms with Gasteiger partial charge in [-0.15, -0.1) is 0 Å². The lowest BCUT2D eigenvalue weighted by molar-refractivity contribution is -0.141. The fraction of sp³-hybridized carbons (Fsp3) is 0.692. The summed E-state index contributed by atoms with van der Waals surface area (Å²) in [6.07, 6.45) is -2.69. The first-order chi connectivity index (χ1) is 9.30. The molecule has 0 saturated heterocycles. The molecule has 5 nitrogen and oxygen atoms in total. The number of nitrogens with zero attached hydrogens (tertiary/aromatic N) is 2. The third kappa shape index (κ3) is 5.65. The molecule has 0 aliphatic carbocycles. The Bertz CT molecular complexity index is 501. The third-order valence-corrected chi connectivity index (χ3v) is 2.52. The number of hydrogen-bond donors (Lipinski definition) is 1. The first kappa shape index (κ1) is 17.3. The van der Waals surface area contributed by atoms with Gasteiger partial charge in [-0.25, -0.2) is 9.78 Å². The number of rotatable bonds is 3. The maximum absolute atomic E-state index is 12.5. The first-order valence-electron chi connectivity index (χ1n) is 6.39. The van der Waals surface area contributed by atoms with Crippen molar-refractivity contribution in [2.75, 3.05) is 0 Å². The van der Waals surface area contributed by atoms with Crippen LogP contribution < -0.4 is 5.32 Å². The van der Waals surface area contributed by atoms with Gasteiger partial charge in [-0.05, 0) is 34.6 Å². The maximum Gasteiger partial charge on any atom is 0.408 e. The number of amides is 1. The molecule has 0 spiro atoms. The van der Waals surface area contributed by atoms with Crippen LogP contribution in [0.15, 0.2) is 12.5 Å². The second-order valence-electron chi connectivity index (χ2n) is 6.27. The van der Waals surface area contributed by atoms with Gasteiger partial charge in [-0.2, -0.15) is 13.2 Å². The van der Waals surface area contributed by atoms with Gasteiger partial charge in [-0.1, -0.05) is 0 Å². The van der Waals surface area contributed by atoms with Gasteiger partial charge in [0.1, 0.15) is 12.1 Å². The lowest BCUT2D eigenvalue weighted by Gasteiger charge is -2.29. The molecule has 1 amide bonds. The molecule has 1 aromatic rings. The highest BCUT2D eigenvalue weighted by Crippen LogP contribution is 2.24. The molecule has 1 N–H and O–H groups in total. The highest BCUT2D eigenvalue weighted by Gasteiger charge is 2.33. The van der Waals surface area contributed by atoms with Gasteiger partial charge in [-0.3, -0.25) is 0 Å². The number of carbonyl (C=O) groups excluding carboxylic acids is 1. The predicted octanol–water partition coefficient (Wildman–Crippen LogP) is 3.21. The van der Waals surface area contributed by atoms with Gasteiger partial charge >= 0.3 is 12.3 Å². The summed E-state index contributed by atoms with van der Waals surface area (Å²) in [5, 5.41) is 2.55. The maximum atomic E-state index is 12.5. The molecule has 0 unspecified atom stereocenters. The zero-order valence-electron chi connectivity index (χ0n) is 12.7. The molecule has 1 heterocycles. The minimum atomic E-state index is -4.36. The fourth-order valence-corrected chi connectivity index (χ4v) is 1.78. The monoisotopic (exact) mass is 307 g/mol. The van der Waals surface area contributed by atoms with Crippen molar-refractivity contribution in [1.29, 1.82) is 0 Å². The summed E-state index contributed by atoms with van der Waals surface area (Å²) in [6.45, 7) is 7.11. The summed E-state index contributed by atoms with van der Waals surface area (Å²) in [5.41, 5.74) is -1.50. The number of alkyl carbamates (subject to hydrolysis) is 1. The number of aromatic nitrogens is 2. The lowest BCUT2D eigenvalue weighted by Crippen LogP contribution is -2.45. The number of halogens is 3. The Balaban J connectivity index is 2.88. The summed E-state index contributed by atoms with van der Waals surface area (Å²) in [5.74, 6) is 0. The van der Waals surface area contributed by atoms with Crippen molar-refractivity contribution >= 4 is 6.09 Å². The summed E-state index contributed by atoms with van der Waals surface area (Å²) >= 11 is 0. The van der Waals surface area contributed by atoms with E-state index in [0.29, 0.717) is 0 Å². The minimum absolute atomic E-state index is 0.241. The predicted molar refractivity (Wildman–Crippen MR) is 70.7 cm³/mol. The zero-order valence-corrected chi connectivity index (χ0v) is 12.7. The van der Waals surface area contributed by atoms with E-state index in [9.17, 15) is 18.0 Å². The van der Waals surface area contributed by atoms with E-state index in [4.69, 9.17) is 4.74 Å². The second-order valence-corrected chi connectivity index (χ2v) is 6.27. The quantitative estimate of drug-likeness (QED) is 0.933. The summed E-state index contributed by atoms with van der Waals surface area (Å²) in [6, 6.07) is 0. The van der Waals surface area contributed by atoms with E-state index in [1.54, 1.807) is 34.6 Å². The fourth-order valence-electron chi connectivity index (χ4n) is 1.78. The molecular weight excluding hydrogens is 287 g/mol. The van der Waals surface area contributed by atoms with Gasteiger partial charge in [0.25, 0.3) is 0 Å². The van der Waals surface area contributed by atoms with Crippen LogP contribution in [0.25, 0.3) is 0 Å². The molecule has 0 fully saturated rings. The van der Waals surface area contributed by atoms with Crippen molar-refractivity contribution in [2.45, 2.75) is 58.5 Å². The zero-order chi connectivity index (χ0) is 16.5. The Labute approximate surface area is 121 Å². The highest BCUT2D eigenvalue weighted by molar-refractivity contribution is 5.68. The van der Waals surface area contributed by atoms with Crippen molar-refractivity contribution in [3.8, 4) is 0 Å². The van der Waals surface area contributed by atoms with Crippen LogP contribution in [0.3, 0.4) is 0 Å². The number of alkyl halides is 3. The van der Waals surface area contributed by atoms with Gasteiger partial charge in [0.2, 0.25) is 0 Å². The highest BCUT2D eigenvalue weighted by atomic mass is 19.4. The molecule has 120 valence electrons. The normalized spacial score (nSPS) is 13.1. The van der Waals surface area contributed by atoms with E-state index in [-0.39, 0.29) is 5.69 Å². The van der Waals surface area contributed by atoms with Crippen LogP contribution in [0, 0.1) is 0 Å². The summed E-state index contributed by atoms with van der Waals surface area (Å²) < 4.78 is 43.6. The molecule has 0 aliphatic heterocycles. The molecule has 0 radical (unpaired) electrons. The van der Waals surface area contributed by atoms with E-state index >= 15 is 0 Å². The number of imidazole rings is 1. The first-order valence-corrected chi connectivity index (χ1v) is 6.39. The van der Waals surface area contributed by atoms with Crippen LogP contribution in [-0.4, -0.2) is 27.4 Å².